The summed E-state index contributed by atoms with van der Waals surface area (Å²) in [6.45, 7) is 0.435. The van der Waals surface area contributed by atoms with Crippen LogP contribution in [-0.4, -0.2) is 18.6 Å². The van der Waals surface area contributed by atoms with Crippen LogP contribution in [0.1, 0.15) is 11.6 Å². The van der Waals surface area contributed by atoms with E-state index in [0.717, 1.165) is 22.2 Å². The van der Waals surface area contributed by atoms with Crippen LogP contribution in [0.4, 0.5) is 0 Å². The van der Waals surface area contributed by atoms with Crippen LogP contribution >= 0.6 is 0 Å². The van der Waals surface area contributed by atoms with E-state index in [1.54, 1.807) is 7.11 Å². The number of aromatic nitrogens is 1. The van der Waals surface area contributed by atoms with Crippen molar-refractivity contribution in [3.63, 3.8) is 0 Å². The molecule has 0 amide bonds. The molecule has 0 spiro atoms. The summed E-state index contributed by atoms with van der Waals surface area (Å²) < 4.78 is 5.17. The van der Waals surface area contributed by atoms with Crippen LogP contribution in [0.3, 0.4) is 0 Å². The van der Waals surface area contributed by atoms with Gasteiger partial charge in [-0.15, -0.1) is 0 Å². The number of hydrogen-bond donors (Lipinski definition) is 3. The number of aromatic amines is 1. The first kappa shape index (κ1) is 10.0. The molecular formula is C11H15N3O. The number of ether oxygens (including phenoxy) is 1. The molecule has 15 heavy (non-hydrogen) atoms. The van der Waals surface area contributed by atoms with Gasteiger partial charge in [-0.05, 0) is 23.8 Å². The van der Waals surface area contributed by atoms with Crippen molar-refractivity contribution < 1.29 is 4.74 Å². The molecule has 0 aliphatic carbocycles. The SMILES string of the molecule is COc1ccc2[nH]cc(C(N)CN)c2c1. The van der Waals surface area contributed by atoms with Crippen LogP contribution in [0.2, 0.25) is 0 Å². The minimum Gasteiger partial charge on any atom is -0.497 e. The molecule has 1 heterocycles. The normalized spacial score (nSPS) is 13.0. The van der Waals surface area contributed by atoms with Gasteiger partial charge >= 0.3 is 0 Å². The fraction of sp³-hybridized carbons (Fsp3) is 0.273. The van der Waals surface area contributed by atoms with Crippen molar-refractivity contribution in [1.29, 1.82) is 0 Å². The number of nitrogens with two attached hydrogens (primary N) is 2. The highest BCUT2D eigenvalue weighted by atomic mass is 16.5. The van der Waals surface area contributed by atoms with E-state index in [4.69, 9.17) is 16.2 Å². The highest BCUT2D eigenvalue weighted by Crippen LogP contribution is 2.26. The second kappa shape index (κ2) is 3.92. The van der Waals surface area contributed by atoms with E-state index < -0.39 is 0 Å². The maximum atomic E-state index is 5.91. The van der Waals surface area contributed by atoms with Gasteiger partial charge in [-0.2, -0.15) is 0 Å². The molecule has 1 atom stereocenters. The third-order valence-electron chi connectivity index (χ3n) is 2.57. The van der Waals surface area contributed by atoms with E-state index >= 15 is 0 Å². The number of rotatable bonds is 3. The second-order valence-corrected chi connectivity index (χ2v) is 3.50. The smallest absolute Gasteiger partial charge is 0.119 e. The number of benzene rings is 1. The van der Waals surface area contributed by atoms with Crippen molar-refractivity contribution >= 4 is 10.9 Å². The Kier molecular flexibility index (Phi) is 2.62. The molecule has 1 aromatic heterocycles. The van der Waals surface area contributed by atoms with Crippen LogP contribution in [0, 0.1) is 0 Å². The third-order valence-corrected chi connectivity index (χ3v) is 2.57. The second-order valence-electron chi connectivity index (χ2n) is 3.50. The van der Waals surface area contributed by atoms with E-state index in [1.807, 2.05) is 24.4 Å². The zero-order valence-corrected chi connectivity index (χ0v) is 8.66. The first-order valence-corrected chi connectivity index (χ1v) is 4.87. The van der Waals surface area contributed by atoms with Gasteiger partial charge in [-0.1, -0.05) is 0 Å². The quantitative estimate of drug-likeness (QED) is 0.703. The average Bonchev–Trinajstić information content (AvgIpc) is 2.70. The summed E-state index contributed by atoms with van der Waals surface area (Å²) in [7, 11) is 1.65. The monoisotopic (exact) mass is 205 g/mol. The minimum atomic E-state index is -0.133. The number of H-pyrrole nitrogens is 1. The van der Waals surface area contributed by atoms with Gasteiger partial charge in [-0.3, -0.25) is 0 Å². The van der Waals surface area contributed by atoms with Crippen molar-refractivity contribution in [3.8, 4) is 5.75 Å². The largest absolute Gasteiger partial charge is 0.497 e. The van der Waals surface area contributed by atoms with Gasteiger partial charge in [0.05, 0.1) is 7.11 Å². The van der Waals surface area contributed by atoms with Gasteiger partial charge in [0.1, 0.15) is 5.75 Å². The molecule has 0 radical (unpaired) electrons. The Morgan fingerprint density at radius 2 is 2.27 bits per heavy atom. The average molecular weight is 205 g/mol. The molecule has 80 valence electrons. The van der Waals surface area contributed by atoms with Gasteiger partial charge in [-0.25, -0.2) is 0 Å². The lowest BCUT2D eigenvalue weighted by atomic mass is 10.1. The molecule has 1 aromatic carbocycles. The number of nitrogens with one attached hydrogen (secondary N) is 1. The summed E-state index contributed by atoms with van der Waals surface area (Å²) in [6, 6.07) is 5.72. The minimum absolute atomic E-state index is 0.133. The van der Waals surface area contributed by atoms with Crippen LogP contribution in [0.15, 0.2) is 24.4 Å². The summed E-state index contributed by atoms with van der Waals surface area (Å²) in [5.41, 5.74) is 13.5. The van der Waals surface area contributed by atoms with Crippen molar-refractivity contribution in [2.75, 3.05) is 13.7 Å². The maximum absolute atomic E-state index is 5.91. The Morgan fingerprint density at radius 1 is 1.47 bits per heavy atom. The van der Waals surface area contributed by atoms with Gasteiger partial charge in [0.2, 0.25) is 0 Å². The summed E-state index contributed by atoms with van der Waals surface area (Å²) in [5.74, 6) is 0.826. The number of hydrogen-bond acceptors (Lipinski definition) is 3. The maximum Gasteiger partial charge on any atom is 0.119 e. The zero-order chi connectivity index (χ0) is 10.8. The van der Waals surface area contributed by atoms with Crippen LogP contribution in [-0.2, 0) is 0 Å². The van der Waals surface area contributed by atoms with E-state index in [9.17, 15) is 0 Å². The van der Waals surface area contributed by atoms with Crippen molar-refractivity contribution in [2.24, 2.45) is 11.5 Å². The number of methoxy groups -OCH3 is 1. The molecule has 2 aromatic rings. The Morgan fingerprint density at radius 3 is 2.93 bits per heavy atom. The molecule has 0 fully saturated rings. The molecule has 0 aliphatic heterocycles. The Bertz CT molecular complexity index is 464. The predicted octanol–water partition coefficient (Wildman–Crippen LogP) is 1.13. The Labute approximate surface area is 88.2 Å². The molecular weight excluding hydrogens is 190 g/mol. The molecule has 1 unspecified atom stereocenters. The van der Waals surface area contributed by atoms with Crippen molar-refractivity contribution in [1.82, 2.24) is 4.98 Å². The highest BCUT2D eigenvalue weighted by molar-refractivity contribution is 5.85. The molecule has 4 heteroatoms. The summed E-state index contributed by atoms with van der Waals surface area (Å²) >= 11 is 0. The molecule has 0 saturated carbocycles. The fourth-order valence-electron chi connectivity index (χ4n) is 1.68. The lowest BCUT2D eigenvalue weighted by Crippen LogP contribution is -2.20. The zero-order valence-electron chi connectivity index (χ0n) is 8.66. The van der Waals surface area contributed by atoms with E-state index in [1.165, 1.54) is 0 Å². The molecule has 0 saturated heterocycles. The lowest BCUT2D eigenvalue weighted by Gasteiger charge is -2.07. The van der Waals surface area contributed by atoms with Gasteiger partial charge in [0.15, 0.2) is 0 Å². The third kappa shape index (κ3) is 1.69. The molecule has 0 bridgehead atoms. The van der Waals surface area contributed by atoms with Crippen LogP contribution in [0.5, 0.6) is 5.75 Å². The Hall–Kier alpha value is -1.52. The first-order chi connectivity index (χ1) is 7.26. The van der Waals surface area contributed by atoms with E-state index in [0.29, 0.717) is 6.54 Å². The Balaban J connectivity index is 2.56. The summed E-state index contributed by atoms with van der Waals surface area (Å²) in [5, 5.41) is 1.08. The summed E-state index contributed by atoms with van der Waals surface area (Å²) in [4.78, 5) is 3.16. The van der Waals surface area contributed by atoms with Gasteiger partial charge < -0.3 is 21.2 Å². The van der Waals surface area contributed by atoms with Crippen molar-refractivity contribution in [3.05, 3.63) is 30.0 Å². The molecule has 2 rings (SSSR count). The lowest BCUT2D eigenvalue weighted by molar-refractivity contribution is 0.415. The van der Waals surface area contributed by atoms with Gasteiger partial charge in [0, 0.05) is 29.7 Å². The predicted molar refractivity (Wildman–Crippen MR) is 60.8 cm³/mol. The fourth-order valence-corrected chi connectivity index (χ4v) is 1.68. The molecule has 0 aliphatic rings. The first-order valence-electron chi connectivity index (χ1n) is 4.87. The van der Waals surface area contributed by atoms with Crippen LogP contribution in [0.25, 0.3) is 10.9 Å². The van der Waals surface area contributed by atoms with Crippen LogP contribution < -0.4 is 16.2 Å². The standard InChI is InChI=1S/C11H15N3O/c1-15-7-2-3-11-8(4-7)9(6-14-11)10(13)5-12/h2-4,6,10,14H,5,12-13H2,1H3. The van der Waals surface area contributed by atoms with Crippen molar-refractivity contribution in [2.45, 2.75) is 6.04 Å². The highest BCUT2D eigenvalue weighted by Gasteiger charge is 2.10. The van der Waals surface area contributed by atoms with E-state index in [2.05, 4.69) is 4.98 Å². The number of fused-ring (bicyclic) bond motifs is 1. The van der Waals surface area contributed by atoms with E-state index in [-0.39, 0.29) is 6.04 Å². The topological polar surface area (TPSA) is 77.1 Å². The summed E-state index contributed by atoms with van der Waals surface area (Å²) in [6.07, 6.45) is 1.90. The van der Waals surface area contributed by atoms with Gasteiger partial charge in [0.25, 0.3) is 0 Å². The molecule has 5 N–H and O–H groups in total. The molecule has 4 nitrogen and oxygen atoms in total.